The number of aromatic nitrogens is 2. The van der Waals surface area contributed by atoms with Gasteiger partial charge in [0.25, 0.3) is 5.56 Å². The van der Waals surface area contributed by atoms with Gasteiger partial charge in [-0.05, 0) is 23.4 Å². The van der Waals surface area contributed by atoms with Gasteiger partial charge in [-0.1, -0.05) is 13.8 Å². The first kappa shape index (κ1) is 9.90. The maximum atomic E-state index is 12.0. The van der Waals surface area contributed by atoms with Crippen molar-refractivity contribution in [2.45, 2.75) is 19.8 Å². The lowest BCUT2D eigenvalue weighted by molar-refractivity contribution is 0.821. The van der Waals surface area contributed by atoms with Crippen molar-refractivity contribution in [2.24, 2.45) is 7.05 Å². The summed E-state index contributed by atoms with van der Waals surface area (Å²) < 4.78 is 1.59. The molecular weight excluding hydrogens is 188 g/mol. The SMILES string of the molecule is CC(C)c1nccc2ccn(C)c(=O)c12. The van der Waals surface area contributed by atoms with Crippen molar-refractivity contribution in [3.05, 3.63) is 40.6 Å². The van der Waals surface area contributed by atoms with E-state index in [1.165, 1.54) is 0 Å². The second-order valence-electron chi connectivity index (χ2n) is 4.05. The normalized spacial score (nSPS) is 11.2. The molecule has 78 valence electrons. The van der Waals surface area contributed by atoms with Crippen LogP contribution in [0.2, 0.25) is 0 Å². The van der Waals surface area contributed by atoms with Gasteiger partial charge in [0, 0.05) is 19.4 Å². The highest BCUT2D eigenvalue weighted by Gasteiger charge is 2.10. The third-order valence-electron chi connectivity index (χ3n) is 2.57. The largest absolute Gasteiger partial charge is 0.318 e. The monoisotopic (exact) mass is 202 g/mol. The minimum Gasteiger partial charge on any atom is -0.318 e. The van der Waals surface area contributed by atoms with Crippen LogP contribution in [0.15, 0.2) is 29.3 Å². The molecule has 0 aliphatic carbocycles. The molecule has 0 aliphatic heterocycles. The lowest BCUT2D eigenvalue weighted by Crippen LogP contribution is -2.17. The predicted octanol–water partition coefficient (Wildman–Crippen LogP) is 2.06. The van der Waals surface area contributed by atoms with Gasteiger partial charge in [-0.25, -0.2) is 0 Å². The van der Waals surface area contributed by atoms with Crippen molar-refractivity contribution < 1.29 is 0 Å². The molecule has 0 atom stereocenters. The summed E-state index contributed by atoms with van der Waals surface area (Å²) in [6.07, 6.45) is 3.55. The van der Waals surface area contributed by atoms with Crippen LogP contribution in [0, 0.1) is 0 Å². The lowest BCUT2D eigenvalue weighted by Gasteiger charge is -2.08. The molecule has 0 saturated heterocycles. The van der Waals surface area contributed by atoms with E-state index in [0.29, 0.717) is 0 Å². The van der Waals surface area contributed by atoms with Crippen molar-refractivity contribution in [1.29, 1.82) is 0 Å². The minimum atomic E-state index is 0.0318. The molecule has 3 heteroatoms. The Morgan fingerprint density at radius 1 is 1.33 bits per heavy atom. The molecule has 0 spiro atoms. The number of pyridine rings is 2. The van der Waals surface area contributed by atoms with Crippen LogP contribution in [0.25, 0.3) is 10.8 Å². The second-order valence-corrected chi connectivity index (χ2v) is 4.05. The number of aryl methyl sites for hydroxylation is 1. The third-order valence-corrected chi connectivity index (χ3v) is 2.57. The number of hydrogen-bond acceptors (Lipinski definition) is 2. The van der Waals surface area contributed by atoms with Gasteiger partial charge in [0.2, 0.25) is 0 Å². The summed E-state index contributed by atoms with van der Waals surface area (Å²) in [5.41, 5.74) is 0.915. The minimum absolute atomic E-state index is 0.0318. The Labute approximate surface area is 88.4 Å². The molecule has 2 aromatic heterocycles. The molecule has 3 nitrogen and oxygen atoms in total. The van der Waals surface area contributed by atoms with E-state index >= 15 is 0 Å². The van der Waals surface area contributed by atoms with Crippen LogP contribution >= 0.6 is 0 Å². The van der Waals surface area contributed by atoms with Crippen molar-refractivity contribution in [2.75, 3.05) is 0 Å². The summed E-state index contributed by atoms with van der Waals surface area (Å²) in [4.78, 5) is 16.3. The number of rotatable bonds is 1. The second kappa shape index (κ2) is 3.50. The number of hydrogen-bond donors (Lipinski definition) is 0. The van der Waals surface area contributed by atoms with E-state index in [-0.39, 0.29) is 11.5 Å². The average Bonchev–Trinajstić information content (AvgIpc) is 2.23. The summed E-state index contributed by atoms with van der Waals surface area (Å²) in [7, 11) is 1.76. The van der Waals surface area contributed by atoms with E-state index in [2.05, 4.69) is 4.98 Å². The topological polar surface area (TPSA) is 34.9 Å². The van der Waals surface area contributed by atoms with Gasteiger partial charge in [0.1, 0.15) is 0 Å². The zero-order valence-electron chi connectivity index (χ0n) is 9.19. The van der Waals surface area contributed by atoms with Crippen LogP contribution < -0.4 is 5.56 Å². The van der Waals surface area contributed by atoms with Crippen molar-refractivity contribution in [1.82, 2.24) is 9.55 Å². The maximum Gasteiger partial charge on any atom is 0.260 e. The van der Waals surface area contributed by atoms with Gasteiger partial charge < -0.3 is 4.57 Å². The van der Waals surface area contributed by atoms with E-state index in [1.807, 2.05) is 26.0 Å². The Kier molecular flexibility index (Phi) is 2.31. The molecule has 0 fully saturated rings. The molecule has 0 radical (unpaired) electrons. The molecule has 0 aromatic carbocycles. The molecule has 15 heavy (non-hydrogen) atoms. The first-order chi connectivity index (χ1) is 7.11. The van der Waals surface area contributed by atoms with Crippen LogP contribution in [0.1, 0.15) is 25.5 Å². The smallest absolute Gasteiger partial charge is 0.260 e. The summed E-state index contributed by atoms with van der Waals surface area (Å²) in [6, 6.07) is 3.83. The molecule has 2 aromatic rings. The zero-order chi connectivity index (χ0) is 11.0. The fourth-order valence-electron chi connectivity index (χ4n) is 1.74. The fourth-order valence-corrected chi connectivity index (χ4v) is 1.74. The first-order valence-corrected chi connectivity index (χ1v) is 5.05. The quantitative estimate of drug-likeness (QED) is 0.709. The number of fused-ring (bicyclic) bond motifs is 1. The standard InChI is InChI=1S/C12H14N2O/c1-8(2)11-10-9(4-6-13-11)5-7-14(3)12(10)15/h4-8H,1-3H3. The van der Waals surface area contributed by atoms with E-state index in [4.69, 9.17) is 0 Å². The maximum absolute atomic E-state index is 12.0. The van der Waals surface area contributed by atoms with Gasteiger partial charge in [0.15, 0.2) is 0 Å². The molecule has 0 unspecified atom stereocenters. The summed E-state index contributed by atoms with van der Waals surface area (Å²) in [5.74, 6) is 0.267. The fraction of sp³-hybridized carbons (Fsp3) is 0.333. The van der Waals surface area contributed by atoms with E-state index in [0.717, 1.165) is 16.5 Å². The van der Waals surface area contributed by atoms with Crippen molar-refractivity contribution >= 4 is 10.8 Å². The Hall–Kier alpha value is -1.64. The van der Waals surface area contributed by atoms with E-state index < -0.39 is 0 Å². The molecule has 0 aliphatic rings. The lowest BCUT2D eigenvalue weighted by atomic mass is 10.0. The third kappa shape index (κ3) is 1.54. The molecule has 2 rings (SSSR count). The van der Waals surface area contributed by atoms with Gasteiger partial charge in [-0.15, -0.1) is 0 Å². The predicted molar refractivity (Wildman–Crippen MR) is 61.1 cm³/mol. The van der Waals surface area contributed by atoms with Crippen LogP contribution in [0.5, 0.6) is 0 Å². The van der Waals surface area contributed by atoms with Gasteiger partial charge in [-0.3, -0.25) is 9.78 Å². The van der Waals surface area contributed by atoms with Crippen molar-refractivity contribution in [3.63, 3.8) is 0 Å². The average molecular weight is 202 g/mol. The Morgan fingerprint density at radius 3 is 2.73 bits per heavy atom. The van der Waals surface area contributed by atoms with Gasteiger partial charge >= 0.3 is 0 Å². The van der Waals surface area contributed by atoms with Gasteiger partial charge in [0.05, 0.1) is 11.1 Å². The highest BCUT2D eigenvalue weighted by atomic mass is 16.1. The summed E-state index contributed by atoms with van der Waals surface area (Å²) in [5, 5.41) is 1.72. The first-order valence-electron chi connectivity index (χ1n) is 5.05. The molecule has 0 saturated carbocycles. The van der Waals surface area contributed by atoms with E-state index in [9.17, 15) is 4.79 Å². The molecular formula is C12H14N2O. The molecule has 0 N–H and O–H groups in total. The van der Waals surface area contributed by atoms with Crippen LogP contribution in [-0.4, -0.2) is 9.55 Å². The van der Waals surface area contributed by atoms with Crippen LogP contribution in [0.3, 0.4) is 0 Å². The summed E-state index contributed by atoms with van der Waals surface area (Å²) >= 11 is 0. The van der Waals surface area contributed by atoms with Crippen molar-refractivity contribution in [3.8, 4) is 0 Å². The van der Waals surface area contributed by atoms with Crippen LogP contribution in [0.4, 0.5) is 0 Å². The summed E-state index contributed by atoms with van der Waals surface area (Å²) in [6.45, 7) is 4.10. The van der Waals surface area contributed by atoms with Crippen LogP contribution in [-0.2, 0) is 7.05 Å². The molecule has 2 heterocycles. The molecule has 0 amide bonds. The van der Waals surface area contributed by atoms with E-state index in [1.54, 1.807) is 24.0 Å². The Balaban J connectivity index is 2.95. The number of nitrogens with zero attached hydrogens (tertiary/aromatic N) is 2. The highest BCUT2D eigenvalue weighted by Crippen LogP contribution is 2.19. The Morgan fingerprint density at radius 2 is 2.07 bits per heavy atom. The Bertz CT molecular complexity index is 555. The molecule has 0 bridgehead atoms. The highest BCUT2D eigenvalue weighted by molar-refractivity contribution is 5.83. The van der Waals surface area contributed by atoms with Gasteiger partial charge in [-0.2, -0.15) is 0 Å². The zero-order valence-corrected chi connectivity index (χ0v) is 9.19.